The van der Waals surface area contributed by atoms with Crippen LogP contribution < -0.4 is 21.3 Å². The molecule has 0 aliphatic rings. The number of benzene rings is 3. The Morgan fingerprint density at radius 1 is 0.911 bits per heavy atom. The van der Waals surface area contributed by atoms with Crippen LogP contribution in [0, 0.1) is 0 Å². The molecule has 0 radical (unpaired) electrons. The van der Waals surface area contributed by atoms with Gasteiger partial charge < -0.3 is 15.8 Å². The number of amides is 1. The van der Waals surface area contributed by atoms with Crippen LogP contribution in [0.3, 0.4) is 0 Å². The van der Waals surface area contributed by atoms with Crippen molar-refractivity contribution in [2.75, 3.05) is 5.73 Å². The van der Waals surface area contributed by atoms with Gasteiger partial charge in [-0.1, -0.05) is 30.3 Å². The molecule has 0 saturated carbocycles. The first kappa shape index (κ1) is 29.2. The molecule has 0 bridgehead atoms. The van der Waals surface area contributed by atoms with Gasteiger partial charge in [-0.2, -0.15) is 5.10 Å². The first-order chi connectivity index (χ1) is 21.7. The third-order valence-corrected chi connectivity index (χ3v) is 7.20. The normalized spacial score (nSPS) is 11.9. The Morgan fingerprint density at radius 2 is 1.67 bits per heavy atom. The molecule has 11 heteroatoms. The van der Waals surface area contributed by atoms with Crippen LogP contribution in [0.25, 0.3) is 39.1 Å². The molecule has 1 unspecified atom stereocenters. The van der Waals surface area contributed by atoms with Crippen LogP contribution in [-0.2, 0) is 7.05 Å². The monoisotopic (exact) mass is 600 g/mol. The number of anilines is 1. The molecule has 3 aromatic carbocycles. The number of rotatable bonds is 8. The summed E-state index contributed by atoms with van der Waals surface area (Å²) in [5.41, 5.74) is 9.45. The summed E-state index contributed by atoms with van der Waals surface area (Å²) < 4.78 is 8.93. The molecule has 45 heavy (non-hydrogen) atoms. The standard InChI is InChI=1S/C34H32N8O3/c1-20(2)45-24-15-13-22(14-16-24)28-19-36-31(35)30(38-28)33(43)37-21(3)32-39-27-12-8-11-25(26-17-18-41(4)40-26)29(27)34(44)42(32)23-9-6-5-7-10-23/h5-21H,1-4H3,(H2,35,36)(H,37,43). The number of hydrogen-bond acceptors (Lipinski definition) is 8. The number of para-hydroxylation sites is 1. The summed E-state index contributed by atoms with van der Waals surface area (Å²) in [7, 11) is 1.82. The number of carbonyl (C=O) groups excluding carboxylic acids is 1. The van der Waals surface area contributed by atoms with E-state index in [0.29, 0.717) is 39.4 Å². The largest absolute Gasteiger partial charge is 0.491 e. The van der Waals surface area contributed by atoms with Gasteiger partial charge in [0.1, 0.15) is 11.6 Å². The summed E-state index contributed by atoms with van der Waals surface area (Å²) in [4.78, 5) is 41.6. The Morgan fingerprint density at radius 3 is 2.36 bits per heavy atom. The molecule has 3 heterocycles. The highest BCUT2D eigenvalue weighted by Gasteiger charge is 2.24. The van der Waals surface area contributed by atoms with Crippen molar-refractivity contribution in [2.24, 2.45) is 7.05 Å². The molecule has 1 atom stereocenters. The maximum atomic E-state index is 14.3. The van der Waals surface area contributed by atoms with Gasteiger partial charge in [0.15, 0.2) is 11.5 Å². The average Bonchev–Trinajstić information content (AvgIpc) is 3.47. The fourth-order valence-corrected chi connectivity index (χ4v) is 5.15. The van der Waals surface area contributed by atoms with Crippen LogP contribution >= 0.6 is 0 Å². The van der Waals surface area contributed by atoms with Crippen molar-refractivity contribution in [1.29, 1.82) is 0 Å². The molecular formula is C34H32N8O3. The number of ether oxygens (including phenoxy) is 1. The lowest BCUT2D eigenvalue weighted by Gasteiger charge is -2.20. The molecule has 0 fully saturated rings. The van der Waals surface area contributed by atoms with E-state index >= 15 is 0 Å². The highest BCUT2D eigenvalue weighted by atomic mass is 16.5. The predicted octanol–water partition coefficient (Wildman–Crippen LogP) is 5.10. The molecule has 0 saturated heterocycles. The summed E-state index contributed by atoms with van der Waals surface area (Å²) in [5.74, 6) is 0.498. The summed E-state index contributed by atoms with van der Waals surface area (Å²) >= 11 is 0. The number of nitrogens with zero attached hydrogens (tertiary/aromatic N) is 6. The Kier molecular flexibility index (Phi) is 7.82. The van der Waals surface area contributed by atoms with Crippen LogP contribution in [-0.4, -0.2) is 41.3 Å². The lowest BCUT2D eigenvalue weighted by atomic mass is 10.1. The number of nitrogens with one attached hydrogen (secondary N) is 1. The van der Waals surface area contributed by atoms with Gasteiger partial charge in [-0.25, -0.2) is 15.0 Å². The molecule has 6 rings (SSSR count). The molecular weight excluding hydrogens is 568 g/mol. The van der Waals surface area contributed by atoms with E-state index in [1.807, 2.05) is 99.9 Å². The predicted molar refractivity (Wildman–Crippen MR) is 173 cm³/mol. The zero-order valence-corrected chi connectivity index (χ0v) is 25.3. The molecule has 0 aliphatic heterocycles. The number of aromatic nitrogens is 6. The van der Waals surface area contributed by atoms with E-state index < -0.39 is 11.9 Å². The third kappa shape index (κ3) is 5.87. The van der Waals surface area contributed by atoms with Crippen LogP contribution in [0.4, 0.5) is 5.82 Å². The highest BCUT2D eigenvalue weighted by Crippen LogP contribution is 2.27. The lowest BCUT2D eigenvalue weighted by Crippen LogP contribution is -2.34. The lowest BCUT2D eigenvalue weighted by molar-refractivity contribution is 0.0933. The maximum Gasteiger partial charge on any atom is 0.274 e. The van der Waals surface area contributed by atoms with E-state index in [0.717, 1.165) is 11.3 Å². The Labute approximate surface area is 259 Å². The summed E-state index contributed by atoms with van der Waals surface area (Å²) in [6, 6.07) is 23.2. The second kappa shape index (κ2) is 12.0. The fraction of sp³-hybridized carbons (Fsp3) is 0.176. The molecule has 3 aromatic heterocycles. The molecule has 0 spiro atoms. The molecule has 3 N–H and O–H groups in total. The quantitative estimate of drug-likeness (QED) is 0.246. The smallest absolute Gasteiger partial charge is 0.274 e. The number of nitrogens with two attached hydrogens (primary N) is 1. The van der Waals surface area contributed by atoms with Crippen molar-refractivity contribution in [3.63, 3.8) is 0 Å². The summed E-state index contributed by atoms with van der Waals surface area (Å²) in [5, 5.41) is 7.87. The molecule has 6 aromatic rings. The fourth-order valence-electron chi connectivity index (χ4n) is 5.15. The molecule has 0 aliphatic carbocycles. The van der Waals surface area contributed by atoms with Gasteiger partial charge in [0, 0.05) is 24.4 Å². The Bertz CT molecular complexity index is 2070. The van der Waals surface area contributed by atoms with Gasteiger partial charge in [0.05, 0.1) is 46.3 Å². The first-order valence-electron chi connectivity index (χ1n) is 14.5. The average molecular weight is 601 g/mol. The number of fused-ring (bicyclic) bond motifs is 1. The van der Waals surface area contributed by atoms with E-state index in [4.69, 9.17) is 15.5 Å². The van der Waals surface area contributed by atoms with Crippen LogP contribution in [0.15, 0.2) is 96.1 Å². The minimum absolute atomic E-state index is 0.0184. The minimum atomic E-state index is -0.717. The second-order valence-corrected chi connectivity index (χ2v) is 10.9. The van der Waals surface area contributed by atoms with E-state index in [1.54, 1.807) is 17.7 Å². The highest BCUT2D eigenvalue weighted by molar-refractivity contribution is 5.97. The van der Waals surface area contributed by atoms with Crippen molar-refractivity contribution in [3.05, 3.63) is 113 Å². The SMILES string of the molecule is CC(C)Oc1ccc(-c2cnc(N)c(C(=O)NC(C)c3nc4cccc(-c5ccn(C)n5)c4c(=O)n3-c3ccccc3)n2)cc1. The topological polar surface area (TPSA) is 143 Å². The number of carbonyl (C=O) groups is 1. The van der Waals surface area contributed by atoms with Gasteiger partial charge >= 0.3 is 0 Å². The Balaban J connectivity index is 1.38. The summed E-state index contributed by atoms with van der Waals surface area (Å²) in [6.45, 7) is 5.67. The van der Waals surface area contributed by atoms with Crippen LogP contribution in [0.1, 0.15) is 43.1 Å². The number of nitrogen functional groups attached to an aromatic ring is 1. The molecule has 1 amide bonds. The third-order valence-electron chi connectivity index (χ3n) is 7.20. The molecule has 11 nitrogen and oxygen atoms in total. The minimum Gasteiger partial charge on any atom is -0.491 e. The van der Waals surface area contributed by atoms with Gasteiger partial charge in [-0.3, -0.25) is 18.8 Å². The van der Waals surface area contributed by atoms with Gasteiger partial charge in [-0.05, 0) is 69.3 Å². The molecule has 226 valence electrons. The van der Waals surface area contributed by atoms with Crippen LogP contribution in [0.2, 0.25) is 0 Å². The number of hydrogen-bond donors (Lipinski definition) is 2. The van der Waals surface area contributed by atoms with Gasteiger partial charge in [0.25, 0.3) is 11.5 Å². The van der Waals surface area contributed by atoms with E-state index in [2.05, 4.69) is 20.4 Å². The number of aryl methyl sites for hydroxylation is 1. The van der Waals surface area contributed by atoms with E-state index in [9.17, 15) is 9.59 Å². The van der Waals surface area contributed by atoms with Crippen molar-refractivity contribution in [1.82, 2.24) is 34.6 Å². The van der Waals surface area contributed by atoms with Gasteiger partial charge in [0.2, 0.25) is 0 Å². The maximum absolute atomic E-state index is 14.3. The van der Waals surface area contributed by atoms with Crippen molar-refractivity contribution >= 4 is 22.6 Å². The zero-order valence-electron chi connectivity index (χ0n) is 25.3. The van der Waals surface area contributed by atoms with E-state index in [-0.39, 0.29) is 23.2 Å². The van der Waals surface area contributed by atoms with Gasteiger partial charge in [-0.15, -0.1) is 0 Å². The van der Waals surface area contributed by atoms with Crippen molar-refractivity contribution in [3.8, 4) is 34.0 Å². The van der Waals surface area contributed by atoms with Crippen LogP contribution in [0.5, 0.6) is 5.75 Å². The van der Waals surface area contributed by atoms with E-state index in [1.165, 1.54) is 10.8 Å². The van der Waals surface area contributed by atoms with Crippen molar-refractivity contribution < 1.29 is 9.53 Å². The second-order valence-electron chi connectivity index (χ2n) is 10.9. The summed E-state index contributed by atoms with van der Waals surface area (Å²) in [6.07, 6.45) is 3.39. The first-order valence-corrected chi connectivity index (χ1v) is 14.5. The van der Waals surface area contributed by atoms with Crippen molar-refractivity contribution in [2.45, 2.75) is 32.9 Å². The zero-order chi connectivity index (χ0) is 31.7. The Hall–Kier alpha value is -5.84.